The lowest BCUT2D eigenvalue weighted by Gasteiger charge is -2.30. The molecular weight excluding hydrogens is 242 g/mol. The summed E-state index contributed by atoms with van der Waals surface area (Å²) in [5, 5.41) is 13.8. The molecule has 2 heterocycles. The van der Waals surface area contributed by atoms with Crippen LogP contribution in [0.3, 0.4) is 0 Å². The van der Waals surface area contributed by atoms with Crippen LogP contribution in [0.4, 0.5) is 0 Å². The molecule has 0 bridgehead atoms. The largest absolute Gasteiger partial charge is 0.393 e. The molecule has 0 unspecified atom stereocenters. The predicted molar refractivity (Wildman–Crippen MR) is 73.0 cm³/mol. The second-order valence-electron chi connectivity index (χ2n) is 5.15. The van der Waals surface area contributed by atoms with Gasteiger partial charge in [0.15, 0.2) is 0 Å². The third-order valence-corrected chi connectivity index (χ3v) is 3.93. The van der Waals surface area contributed by atoms with Crippen molar-refractivity contribution in [3.8, 4) is 0 Å². The van der Waals surface area contributed by atoms with Gasteiger partial charge in [0.2, 0.25) is 0 Å². The van der Waals surface area contributed by atoms with E-state index in [1.807, 2.05) is 9.58 Å². The molecule has 1 fully saturated rings. The molecule has 1 aromatic heterocycles. The number of aromatic nitrogens is 2. The number of carbonyl (C=O) groups excluding carboxylic acids is 1. The molecule has 0 saturated carbocycles. The second-order valence-corrected chi connectivity index (χ2v) is 5.15. The Morgan fingerprint density at radius 3 is 2.63 bits per heavy atom. The van der Waals surface area contributed by atoms with Crippen LogP contribution in [-0.2, 0) is 0 Å². The number of aliphatic hydroxyl groups excluding tert-OH is 1. The van der Waals surface area contributed by atoms with Gasteiger partial charge in [0.05, 0.1) is 12.1 Å². The Kier molecular flexibility index (Phi) is 4.58. The summed E-state index contributed by atoms with van der Waals surface area (Å²) in [5.74, 6) is 0.0382. The fourth-order valence-electron chi connectivity index (χ4n) is 2.64. The third kappa shape index (κ3) is 2.97. The molecule has 1 aromatic rings. The minimum absolute atomic E-state index is 0.0382. The van der Waals surface area contributed by atoms with Gasteiger partial charge in [0.1, 0.15) is 5.69 Å². The highest BCUT2D eigenvalue weighted by Crippen LogP contribution is 2.19. The standard InChI is InChI=1S/C14H23N3O2/c1-3-11(4-2)17-13(5-8-15-17)14(19)16-9-6-12(18)7-10-16/h5,8,11-12,18H,3-4,6-7,9-10H2,1-2H3. The predicted octanol–water partition coefficient (Wildman–Crippen LogP) is 1.84. The van der Waals surface area contributed by atoms with Crippen molar-refractivity contribution in [3.63, 3.8) is 0 Å². The van der Waals surface area contributed by atoms with Crippen LogP contribution in [0.2, 0.25) is 0 Å². The number of hydrogen-bond acceptors (Lipinski definition) is 3. The molecular formula is C14H23N3O2. The van der Waals surface area contributed by atoms with E-state index in [1.165, 1.54) is 0 Å². The molecule has 1 N–H and O–H groups in total. The number of likely N-dealkylation sites (tertiary alicyclic amines) is 1. The maximum absolute atomic E-state index is 12.5. The van der Waals surface area contributed by atoms with Gasteiger partial charge in [-0.1, -0.05) is 13.8 Å². The first kappa shape index (κ1) is 14.1. The molecule has 5 nitrogen and oxygen atoms in total. The molecule has 0 aliphatic carbocycles. The summed E-state index contributed by atoms with van der Waals surface area (Å²) in [4.78, 5) is 14.3. The molecule has 0 radical (unpaired) electrons. The molecule has 106 valence electrons. The monoisotopic (exact) mass is 265 g/mol. The van der Waals surface area contributed by atoms with E-state index in [2.05, 4.69) is 18.9 Å². The number of aliphatic hydroxyl groups is 1. The SMILES string of the molecule is CCC(CC)n1nccc1C(=O)N1CCC(O)CC1. The zero-order chi connectivity index (χ0) is 13.8. The van der Waals surface area contributed by atoms with Crippen LogP contribution in [0.15, 0.2) is 12.3 Å². The van der Waals surface area contributed by atoms with Gasteiger partial charge in [0, 0.05) is 19.3 Å². The summed E-state index contributed by atoms with van der Waals surface area (Å²) in [5.41, 5.74) is 0.671. The molecule has 1 amide bonds. The Hall–Kier alpha value is -1.36. The zero-order valence-corrected chi connectivity index (χ0v) is 11.7. The van der Waals surface area contributed by atoms with Crippen LogP contribution in [0, 0.1) is 0 Å². The molecule has 1 aliphatic heterocycles. The normalized spacial score (nSPS) is 17.2. The van der Waals surface area contributed by atoms with Gasteiger partial charge in [-0.15, -0.1) is 0 Å². The number of hydrogen-bond donors (Lipinski definition) is 1. The van der Waals surface area contributed by atoms with Gasteiger partial charge in [-0.3, -0.25) is 9.48 Å². The summed E-state index contributed by atoms with van der Waals surface area (Å²) in [6.07, 6.45) is 4.72. The smallest absolute Gasteiger partial charge is 0.272 e. The van der Waals surface area contributed by atoms with E-state index < -0.39 is 0 Å². The molecule has 0 atom stereocenters. The fourth-order valence-corrected chi connectivity index (χ4v) is 2.64. The number of carbonyl (C=O) groups is 1. The minimum atomic E-state index is -0.256. The maximum Gasteiger partial charge on any atom is 0.272 e. The highest BCUT2D eigenvalue weighted by atomic mass is 16.3. The molecule has 1 aliphatic rings. The second kappa shape index (κ2) is 6.19. The molecule has 2 rings (SSSR count). The first-order valence-corrected chi connectivity index (χ1v) is 7.18. The van der Waals surface area contributed by atoms with Crippen molar-refractivity contribution in [2.24, 2.45) is 0 Å². The van der Waals surface area contributed by atoms with Crippen molar-refractivity contribution in [1.82, 2.24) is 14.7 Å². The zero-order valence-electron chi connectivity index (χ0n) is 11.7. The van der Waals surface area contributed by atoms with Crippen molar-refractivity contribution < 1.29 is 9.90 Å². The minimum Gasteiger partial charge on any atom is -0.393 e. The van der Waals surface area contributed by atoms with Crippen LogP contribution in [0.1, 0.15) is 56.1 Å². The van der Waals surface area contributed by atoms with Crippen molar-refractivity contribution >= 4 is 5.91 Å². The summed E-state index contributed by atoms with van der Waals surface area (Å²) >= 11 is 0. The van der Waals surface area contributed by atoms with Gasteiger partial charge in [-0.05, 0) is 31.7 Å². The van der Waals surface area contributed by atoms with E-state index in [0.717, 1.165) is 12.8 Å². The average molecular weight is 265 g/mol. The summed E-state index contributed by atoms with van der Waals surface area (Å²) < 4.78 is 1.85. The first-order chi connectivity index (χ1) is 9.17. The first-order valence-electron chi connectivity index (χ1n) is 7.18. The van der Waals surface area contributed by atoms with E-state index in [1.54, 1.807) is 12.3 Å². The summed E-state index contributed by atoms with van der Waals surface area (Å²) in [6, 6.07) is 2.08. The Labute approximate surface area is 114 Å². The number of nitrogens with zero attached hydrogens (tertiary/aromatic N) is 3. The Morgan fingerprint density at radius 1 is 1.42 bits per heavy atom. The lowest BCUT2D eigenvalue weighted by molar-refractivity contribution is 0.0533. The van der Waals surface area contributed by atoms with Gasteiger partial charge in [-0.2, -0.15) is 5.10 Å². The van der Waals surface area contributed by atoms with E-state index in [0.29, 0.717) is 31.6 Å². The topological polar surface area (TPSA) is 58.4 Å². The van der Waals surface area contributed by atoms with Gasteiger partial charge in [-0.25, -0.2) is 0 Å². The van der Waals surface area contributed by atoms with E-state index in [9.17, 15) is 9.90 Å². The third-order valence-electron chi connectivity index (χ3n) is 3.93. The molecule has 0 spiro atoms. The molecule has 1 saturated heterocycles. The number of piperidine rings is 1. The summed E-state index contributed by atoms with van der Waals surface area (Å²) in [7, 11) is 0. The van der Waals surface area contributed by atoms with E-state index in [-0.39, 0.29) is 18.1 Å². The van der Waals surface area contributed by atoms with Crippen LogP contribution >= 0.6 is 0 Å². The molecule has 19 heavy (non-hydrogen) atoms. The number of amides is 1. The lowest BCUT2D eigenvalue weighted by Crippen LogP contribution is -2.41. The Morgan fingerprint density at radius 2 is 2.05 bits per heavy atom. The van der Waals surface area contributed by atoms with Crippen molar-refractivity contribution in [1.29, 1.82) is 0 Å². The van der Waals surface area contributed by atoms with Gasteiger partial charge in [0.25, 0.3) is 5.91 Å². The molecule has 0 aromatic carbocycles. The van der Waals surface area contributed by atoms with E-state index in [4.69, 9.17) is 0 Å². The van der Waals surface area contributed by atoms with Gasteiger partial charge >= 0.3 is 0 Å². The van der Waals surface area contributed by atoms with Crippen molar-refractivity contribution in [3.05, 3.63) is 18.0 Å². The van der Waals surface area contributed by atoms with Crippen LogP contribution < -0.4 is 0 Å². The molecule has 5 heteroatoms. The van der Waals surface area contributed by atoms with Crippen molar-refractivity contribution in [2.75, 3.05) is 13.1 Å². The quantitative estimate of drug-likeness (QED) is 0.903. The Balaban J connectivity index is 2.13. The maximum atomic E-state index is 12.5. The fraction of sp³-hybridized carbons (Fsp3) is 0.714. The van der Waals surface area contributed by atoms with Crippen LogP contribution in [-0.4, -0.2) is 44.9 Å². The van der Waals surface area contributed by atoms with Crippen LogP contribution in [0.25, 0.3) is 0 Å². The lowest BCUT2D eigenvalue weighted by atomic mass is 10.1. The average Bonchev–Trinajstić information content (AvgIpc) is 2.89. The van der Waals surface area contributed by atoms with E-state index >= 15 is 0 Å². The van der Waals surface area contributed by atoms with Crippen molar-refractivity contribution in [2.45, 2.75) is 51.7 Å². The highest BCUT2D eigenvalue weighted by Gasteiger charge is 2.25. The Bertz CT molecular complexity index is 418. The van der Waals surface area contributed by atoms with Gasteiger partial charge < -0.3 is 10.0 Å². The number of rotatable bonds is 4. The summed E-state index contributed by atoms with van der Waals surface area (Å²) in [6.45, 7) is 5.49. The van der Waals surface area contributed by atoms with Crippen LogP contribution in [0.5, 0.6) is 0 Å². The highest BCUT2D eigenvalue weighted by molar-refractivity contribution is 5.92.